The summed E-state index contributed by atoms with van der Waals surface area (Å²) in [7, 11) is 1.48. The minimum Gasteiger partial charge on any atom is -0.457 e. The number of ketones is 2. The number of ether oxygens (including phenoxy) is 1. The Hall–Kier alpha value is -6.17. The van der Waals surface area contributed by atoms with Crippen molar-refractivity contribution in [2.45, 2.75) is 60.0 Å². The summed E-state index contributed by atoms with van der Waals surface area (Å²) in [4.78, 5) is 58.4. The number of esters is 1. The van der Waals surface area contributed by atoms with Gasteiger partial charge >= 0.3 is 5.97 Å². The van der Waals surface area contributed by atoms with Crippen LogP contribution in [0.15, 0.2) is 154 Å². The second-order valence-corrected chi connectivity index (χ2v) is 18.4. The molecule has 7 rings (SSSR count). The van der Waals surface area contributed by atoms with Crippen LogP contribution in [-0.2, 0) is 21.1 Å². The van der Waals surface area contributed by atoms with Gasteiger partial charge in [-0.15, -0.1) is 0 Å². The Balaban J connectivity index is 1.31. The van der Waals surface area contributed by atoms with Crippen LogP contribution < -0.4 is 10.6 Å². The van der Waals surface area contributed by atoms with Crippen molar-refractivity contribution in [3.8, 4) is 0 Å². The average Bonchev–Trinajstić information content (AvgIpc) is 3.31. The summed E-state index contributed by atoms with van der Waals surface area (Å²) in [5.74, 6) is -0.535. The Kier molecular flexibility index (Phi) is 15.0. The van der Waals surface area contributed by atoms with Gasteiger partial charge in [0.15, 0.2) is 11.6 Å². The fourth-order valence-corrected chi connectivity index (χ4v) is 9.54. The molecule has 6 aromatic rings. The molecule has 0 saturated heterocycles. The standard InChI is InChI=1S/C54H52N2O6S2/c1-8-35-18-20-37(21-19-35)32-61-54(59)40-15-11-13-17-44(40)64-46-29-27-42(56-31-34(5)6)48-50(46)52(58)47-41(55-30-33(3)4)26-28-45(49(47)51(48)57)63-43-16-12-10-14-39(43)53(62-60-7)38-24-22-36(9-2)23-25-38/h8-29,33-34,53,55-56H,1-2,30-32H2,3-7H3. The van der Waals surface area contributed by atoms with Crippen molar-refractivity contribution in [3.63, 3.8) is 0 Å². The third kappa shape index (κ3) is 10.3. The molecule has 10 heteroatoms. The molecule has 8 nitrogen and oxygen atoms in total. The monoisotopic (exact) mass is 888 g/mol. The van der Waals surface area contributed by atoms with Crippen LogP contribution in [0.3, 0.4) is 0 Å². The summed E-state index contributed by atoms with van der Waals surface area (Å²) in [6, 6.07) is 38.1. The first-order chi connectivity index (χ1) is 31.0. The zero-order valence-electron chi connectivity index (χ0n) is 36.7. The van der Waals surface area contributed by atoms with E-state index in [0.717, 1.165) is 32.7 Å². The molecule has 6 aromatic carbocycles. The highest BCUT2D eigenvalue weighted by Gasteiger charge is 2.38. The SMILES string of the molecule is C=Cc1ccc(COC(=O)c2ccccc2Sc2ccc(NCC(C)C)c3c2C(=O)c2c(NCC(C)C)ccc(Sc4ccccc4C(OOC)c4ccc(C=C)cc4)c2C3=O)cc1. The predicted molar refractivity (Wildman–Crippen MR) is 260 cm³/mol. The molecule has 0 amide bonds. The van der Waals surface area contributed by atoms with Crippen molar-refractivity contribution in [3.05, 3.63) is 190 Å². The highest BCUT2D eigenvalue weighted by molar-refractivity contribution is 7.99. The quantitative estimate of drug-likeness (QED) is 0.0463. The van der Waals surface area contributed by atoms with Crippen LogP contribution in [0, 0.1) is 11.8 Å². The van der Waals surface area contributed by atoms with Crippen LogP contribution in [0.1, 0.15) is 104 Å². The van der Waals surface area contributed by atoms with Crippen molar-refractivity contribution < 1.29 is 28.9 Å². The van der Waals surface area contributed by atoms with Gasteiger partial charge in [0.05, 0.1) is 23.8 Å². The molecule has 1 aliphatic rings. The molecule has 2 N–H and O–H groups in total. The van der Waals surface area contributed by atoms with Crippen LogP contribution in [0.25, 0.3) is 12.2 Å². The molecule has 1 atom stereocenters. The van der Waals surface area contributed by atoms with E-state index < -0.39 is 12.1 Å². The summed E-state index contributed by atoms with van der Waals surface area (Å²) in [5.41, 5.74) is 7.20. The number of hydrogen-bond acceptors (Lipinski definition) is 10. The van der Waals surface area contributed by atoms with Crippen LogP contribution in [-0.4, -0.2) is 37.7 Å². The fraction of sp³-hybridized carbons (Fsp3) is 0.204. The minimum absolute atomic E-state index is 0.0878. The maximum Gasteiger partial charge on any atom is 0.339 e. The molecular weight excluding hydrogens is 837 g/mol. The van der Waals surface area contributed by atoms with E-state index in [1.807, 2.05) is 109 Å². The lowest BCUT2D eigenvalue weighted by atomic mass is 9.82. The molecule has 1 unspecified atom stereocenters. The highest BCUT2D eigenvalue weighted by Crippen LogP contribution is 2.47. The summed E-state index contributed by atoms with van der Waals surface area (Å²) in [6.07, 6.45) is 2.95. The molecule has 0 aliphatic heterocycles. The van der Waals surface area contributed by atoms with Gasteiger partial charge in [-0.3, -0.25) is 9.59 Å². The van der Waals surface area contributed by atoms with E-state index in [9.17, 15) is 4.79 Å². The number of rotatable bonds is 19. The second-order valence-electron chi connectivity index (χ2n) is 16.2. The summed E-state index contributed by atoms with van der Waals surface area (Å²) >= 11 is 2.67. The van der Waals surface area contributed by atoms with E-state index in [1.165, 1.54) is 30.6 Å². The van der Waals surface area contributed by atoms with Gasteiger partial charge in [-0.25, -0.2) is 14.6 Å². The van der Waals surface area contributed by atoms with E-state index in [1.54, 1.807) is 24.3 Å². The molecule has 0 radical (unpaired) electrons. The lowest BCUT2D eigenvalue weighted by molar-refractivity contribution is -0.298. The smallest absolute Gasteiger partial charge is 0.339 e. The van der Waals surface area contributed by atoms with E-state index >= 15 is 9.59 Å². The molecule has 0 heterocycles. The average molecular weight is 889 g/mol. The molecule has 326 valence electrons. The predicted octanol–water partition coefficient (Wildman–Crippen LogP) is 13.2. The molecule has 64 heavy (non-hydrogen) atoms. The lowest BCUT2D eigenvalue weighted by Crippen LogP contribution is -2.26. The number of fused-ring (bicyclic) bond motifs is 2. The molecule has 0 aromatic heterocycles. The molecular formula is C54H52N2O6S2. The van der Waals surface area contributed by atoms with Gasteiger partial charge in [-0.1, -0.05) is 155 Å². The largest absolute Gasteiger partial charge is 0.457 e. The number of carbonyl (C=O) groups is 3. The van der Waals surface area contributed by atoms with Crippen LogP contribution in [0.5, 0.6) is 0 Å². The van der Waals surface area contributed by atoms with Gasteiger partial charge in [-0.05, 0) is 76.6 Å². The summed E-state index contributed by atoms with van der Waals surface area (Å²) < 4.78 is 5.79. The van der Waals surface area contributed by atoms with E-state index in [2.05, 4.69) is 51.5 Å². The number of carbonyl (C=O) groups excluding carboxylic acids is 3. The molecule has 0 saturated carbocycles. The van der Waals surface area contributed by atoms with Crippen molar-refractivity contribution >= 4 is 64.6 Å². The third-order valence-corrected chi connectivity index (χ3v) is 12.9. The van der Waals surface area contributed by atoms with Crippen molar-refractivity contribution in [2.24, 2.45) is 11.8 Å². The molecule has 0 spiro atoms. The molecule has 0 fully saturated rings. The number of anilines is 2. The first kappa shape index (κ1) is 45.8. The first-order valence-electron chi connectivity index (χ1n) is 21.3. The normalized spacial score (nSPS) is 12.4. The Morgan fingerprint density at radius 1 is 0.609 bits per heavy atom. The maximum atomic E-state index is 15.5. The number of nitrogens with one attached hydrogen (secondary N) is 2. The Bertz CT molecular complexity index is 2690. The Morgan fingerprint density at radius 2 is 1.11 bits per heavy atom. The lowest BCUT2D eigenvalue weighted by Gasteiger charge is -2.27. The Labute approximate surface area is 384 Å². The first-order valence-corrected chi connectivity index (χ1v) is 22.9. The summed E-state index contributed by atoms with van der Waals surface area (Å²) in [5, 5.41) is 6.97. The van der Waals surface area contributed by atoms with E-state index in [4.69, 9.17) is 14.5 Å². The van der Waals surface area contributed by atoms with Gasteiger partial charge in [0, 0.05) is 60.7 Å². The van der Waals surface area contributed by atoms with Crippen LogP contribution in [0.4, 0.5) is 11.4 Å². The van der Waals surface area contributed by atoms with Gasteiger partial charge in [0.1, 0.15) is 12.7 Å². The zero-order valence-corrected chi connectivity index (χ0v) is 38.4. The van der Waals surface area contributed by atoms with Gasteiger partial charge in [-0.2, -0.15) is 0 Å². The van der Waals surface area contributed by atoms with Crippen molar-refractivity contribution in [2.75, 3.05) is 30.8 Å². The topological polar surface area (TPSA) is 103 Å². The minimum atomic E-state index is -0.594. The van der Waals surface area contributed by atoms with E-state index in [-0.39, 0.29) is 35.6 Å². The molecule has 1 aliphatic carbocycles. The second kappa shape index (κ2) is 21.0. The number of hydrogen-bond donors (Lipinski definition) is 2. The fourth-order valence-electron chi connectivity index (χ4n) is 7.35. The van der Waals surface area contributed by atoms with E-state index in [0.29, 0.717) is 61.4 Å². The molecule has 0 bridgehead atoms. The van der Waals surface area contributed by atoms with Gasteiger partial charge in [0.2, 0.25) is 0 Å². The van der Waals surface area contributed by atoms with Gasteiger partial charge in [0.25, 0.3) is 0 Å². The van der Waals surface area contributed by atoms with Crippen LogP contribution >= 0.6 is 23.5 Å². The zero-order chi connectivity index (χ0) is 45.3. The van der Waals surface area contributed by atoms with Crippen molar-refractivity contribution in [1.82, 2.24) is 0 Å². The number of benzene rings is 6. The Morgan fingerprint density at radius 3 is 1.64 bits per heavy atom. The highest BCUT2D eigenvalue weighted by atomic mass is 32.2. The van der Waals surface area contributed by atoms with Gasteiger partial charge < -0.3 is 15.4 Å². The van der Waals surface area contributed by atoms with Crippen LogP contribution in [0.2, 0.25) is 0 Å². The maximum absolute atomic E-state index is 15.5. The van der Waals surface area contributed by atoms with Crippen molar-refractivity contribution in [1.29, 1.82) is 0 Å². The summed E-state index contributed by atoms with van der Waals surface area (Å²) in [6.45, 7) is 17.3. The third-order valence-electron chi connectivity index (χ3n) is 10.6.